The van der Waals surface area contributed by atoms with Crippen molar-refractivity contribution in [1.29, 1.82) is 0 Å². The van der Waals surface area contributed by atoms with Crippen LogP contribution in [0.3, 0.4) is 0 Å². The molecule has 0 aliphatic carbocycles. The molecule has 1 fully saturated rings. The van der Waals surface area contributed by atoms with Crippen molar-refractivity contribution in [3.05, 3.63) is 41.7 Å². The lowest BCUT2D eigenvalue weighted by molar-refractivity contribution is 0.200. The fourth-order valence-electron chi connectivity index (χ4n) is 3.30. The highest BCUT2D eigenvalue weighted by molar-refractivity contribution is 5.43. The van der Waals surface area contributed by atoms with Crippen LogP contribution < -0.4 is 9.47 Å². The highest BCUT2D eigenvalue weighted by Gasteiger charge is 2.22. The second-order valence-electron chi connectivity index (χ2n) is 6.02. The summed E-state index contributed by atoms with van der Waals surface area (Å²) in [6.45, 7) is 5.79. The van der Waals surface area contributed by atoms with Crippen LogP contribution in [0.25, 0.3) is 0 Å². The van der Waals surface area contributed by atoms with Crippen LogP contribution in [0.2, 0.25) is 0 Å². The topological polar surface area (TPSA) is 50.4 Å². The minimum absolute atomic E-state index is 0.576. The number of methoxy groups -OCH3 is 1. The predicted molar refractivity (Wildman–Crippen MR) is 90.0 cm³/mol. The van der Waals surface area contributed by atoms with Gasteiger partial charge in [-0.1, -0.05) is 6.07 Å². The molecule has 1 aliphatic heterocycles. The van der Waals surface area contributed by atoms with Gasteiger partial charge >= 0.3 is 0 Å². The van der Waals surface area contributed by atoms with Crippen LogP contribution in [0.1, 0.15) is 36.8 Å². The second kappa shape index (κ2) is 7.51. The van der Waals surface area contributed by atoms with E-state index in [9.17, 15) is 0 Å². The highest BCUT2D eigenvalue weighted by Crippen LogP contribution is 2.30. The van der Waals surface area contributed by atoms with Crippen molar-refractivity contribution in [3.63, 3.8) is 0 Å². The first kappa shape index (κ1) is 15.9. The molecular weight excluding hydrogens is 290 g/mol. The summed E-state index contributed by atoms with van der Waals surface area (Å²) < 4.78 is 11.0. The van der Waals surface area contributed by atoms with Crippen LogP contribution >= 0.6 is 0 Å². The third-order valence-corrected chi connectivity index (χ3v) is 4.43. The monoisotopic (exact) mass is 315 g/mol. The van der Waals surface area contributed by atoms with E-state index in [2.05, 4.69) is 27.2 Å². The van der Waals surface area contributed by atoms with Gasteiger partial charge in [-0.15, -0.1) is 0 Å². The van der Waals surface area contributed by atoms with Crippen LogP contribution in [0, 0.1) is 0 Å². The number of piperidine rings is 1. The maximum atomic E-state index is 5.59. The Kier molecular flexibility index (Phi) is 5.18. The van der Waals surface area contributed by atoms with Gasteiger partial charge in [0.2, 0.25) is 0 Å². The Morgan fingerprint density at radius 1 is 1.35 bits per heavy atom. The molecule has 0 amide bonds. The number of rotatable bonds is 6. The van der Waals surface area contributed by atoms with Crippen LogP contribution in [-0.4, -0.2) is 41.9 Å². The zero-order valence-electron chi connectivity index (χ0n) is 13.9. The Balaban J connectivity index is 1.66. The lowest BCUT2D eigenvalue weighted by atomic mass is 9.92. The molecule has 1 saturated heterocycles. The van der Waals surface area contributed by atoms with Gasteiger partial charge in [-0.25, -0.2) is 0 Å². The first-order valence-corrected chi connectivity index (χ1v) is 8.31. The Morgan fingerprint density at radius 2 is 2.26 bits per heavy atom. The van der Waals surface area contributed by atoms with Crippen molar-refractivity contribution >= 4 is 0 Å². The number of aromatic nitrogens is 2. The molecule has 5 nitrogen and oxygen atoms in total. The standard InChI is InChI=1S/C18H25N3O2/c1-3-23-17-7-6-14(9-18(17)22-2)12-21-8-4-5-15(13-21)16-10-19-20-11-16/h6-7,9-11,15H,3-5,8,12-13H2,1-2H3,(H,19,20)/t15-/m1/s1. The van der Waals surface area contributed by atoms with Crippen molar-refractivity contribution in [1.82, 2.24) is 15.1 Å². The molecule has 1 aromatic heterocycles. The fourth-order valence-corrected chi connectivity index (χ4v) is 3.30. The van der Waals surface area contributed by atoms with Gasteiger partial charge in [0, 0.05) is 19.3 Å². The van der Waals surface area contributed by atoms with E-state index in [1.54, 1.807) is 7.11 Å². The molecule has 2 heterocycles. The molecule has 1 atom stereocenters. The highest BCUT2D eigenvalue weighted by atomic mass is 16.5. The number of H-pyrrole nitrogens is 1. The van der Waals surface area contributed by atoms with Crippen molar-refractivity contribution in [3.8, 4) is 11.5 Å². The number of aromatic amines is 1. The van der Waals surface area contributed by atoms with E-state index in [0.717, 1.165) is 31.1 Å². The zero-order chi connectivity index (χ0) is 16.1. The van der Waals surface area contributed by atoms with Crippen LogP contribution in [0.5, 0.6) is 11.5 Å². The maximum absolute atomic E-state index is 5.59. The lowest BCUT2D eigenvalue weighted by Gasteiger charge is -2.32. The van der Waals surface area contributed by atoms with Crippen molar-refractivity contribution in [2.45, 2.75) is 32.2 Å². The number of benzene rings is 1. The molecule has 1 aliphatic rings. The molecule has 1 aromatic carbocycles. The number of nitrogens with one attached hydrogen (secondary N) is 1. The SMILES string of the molecule is CCOc1ccc(CN2CCC[C@@H](c3cn[nH]c3)C2)cc1OC. The van der Waals surface area contributed by atoms with Gasteiger partial charge in [-0.05, 0) is 55.5 Å². The summed E-state index contributed by atoms with van der Waals surface area (Å²) in [4.78, 5) is 2.51. The fraction of sp³-hybridized carbons (Fsp3) is 0.500. The third-order valence-electron chi connectivity index (χ3n) is 4.43. The predicted octanol–water partition coefficient (Wildman–Crippen LogP) is 3.20. The Bertz CT molecular complexity index is 613. The Hall–Kier alpha value is -2.01. The number of hydrogen-bond acceptors (Lipinski definition) is 4. The van der Waals surface area contributed by atoms with Crippen molar-refractivity contribution in [2.24, 2.45) is 0 Å². The normalized spacial score (nSPS) is 18.8. The van der Waals surface area contributed by atoms with E-state index in [0.29, 0.717) is 12.5 Å². The number of likely N-dealkylation sites (tertiary alicyclic amines) is 1. The zero-order valence-corrected chi connectivity index (χ0v) is 13.9. The molecule has 3 rings (SSSR count). The molecule has 0 bridgehead atoms. The van der Waals surface area contributed by atoms with Gasteiger partial charge in [0.15, 0.2) is 11.5 Å². The number of nitrogens with zero attached hydrogens (tertiary/aromatic N) is 2. The van der Waals surface area contributed by atoms with Gasteiger partial charge in [0.05, 0.1) is 19.9 Å². The van der Waals surface area contributed by atoms with E-state index in [1.807, 2.05) is 25.4 Å². The van der Waals surface area contributed by atoms with Gasteiger partial charge in [-0.2, -0.15) is 5.10 Å². The molecule has 1 N–H and O–H groups in total. The molecule has 5 heteroatoms. The van der Waals surface area contributed by atoms with Gasteiger partial charge in [0.1, 0.15) is 0 Å². The van der Waals surface area contributed by atoms with E-state index in [4.69, 9.17) is 9.47 Å². The first-order valence-electron chi connectivity index (χ1n) is 8.31. The minimum Gasteiger partial charge on any atom is -0.493 e. The maximum Gasteiger partial charge on any atom is 0.161 e. The summed E-state index contributed by atoms with van der Waals surface area (Å²) in [5, 5.41) is 7.01. The van der Waals surface area contributed by atoms with E-state index in [1.165, 1.54) is 24.0 Å². The summed E-state index contributed by atoms with van der Waals surface area (Å²) in [6.07, 6.45) is 6.44. The summed E-state index contributed by atoms with van der Waals surface area (Å²) in [5.41, 5.74) is 2.58. The van der Waals surface area contributed by atoms with E-state index in [-0.39, 0.29) is 0 Å². The van der Waals surface area contributed by atoms with Crippen LogP contribution in [0.4, 0.5) is 0 Å². The molecule has 0 spiro atoms. The average molecular weight is 315 g/mol. The van der Waals surface area contributed by atoms with Gasteiger partial charge in [-0.3, -0.25) is 10.00 Å². The van der Waals surface area contributed by atoms with E-state index >= 15 is 0 Å². The van der Waals surface area contributed by atoms with Crippen LogP contribution in [0.15, 0.2) is 30.6 Å². The third kappa shape index (κ3) is 3.85. The smallest absolute Gasteiger partial charge is 0.161 e. The number of ether oxygens (including phenoxy) is 2. The second-order valence-corrected chi connectivity index (χ2v) is 6.02. The molecule has 2 aromatic rings. The molecular formula is C18H25N3O2. The summed E-state index contributed by atoms with van der Waals surface area (Å²) in [7, 11) is 1.69. The Morgan fingerprint density at radius 3 is 3.00 bits per heavy atom. The summed E-state index contributed by atoms with van der Waals surface area (Å²) >= 11 is 0. The molecule has 0 unspecified atom stereocenters. The lowest BCUT2D eigenvalue weighted by Crippen LogP contribution is -2.33. The minimum atomic E-state index is 0.576. The summed E-state index contributed by atoms with van der Waals surface area (Å²) in [6, 6.07) is 6.23. The van der Waals surface area contributed by atoms with E-state index < -0.39 is 0 Å². The van der Waals surface area contributed by atoms with Gasteiger partial charge in [0.25, 0.3) is 0 Å². The molecule has 23 heavy (non-hydrogen) atoms. The first-order chi connectivity index (χ1) is 11.3. The number of hydrogen-bond donors (Lipinski definition) is 1. The van der Waals surface area contributed by atoms with Crippen LogP contribution in [-0.2, 0) is 6.54 Å². The molecule has 0 radical (unpaired) electrons. The van der Waals surface area contributed by atoms with Crippen molar-refractivity contribution in [2.75, 3.05) is 26.8 Å². The summed E-state index contributed by atoms with van der Waals surface area (Å²) in [5.74, 6) is 2.20. The molecule has 0 saturated carbocycles. The quantitative estimate of drug-likeness (QED) is 0.889. The Labute approximate surface area is 137 Å². The average Bonchev–Trinajstić information content (AvgIpc) is 3.11. The van der Waals surface area contributed by atoms with Crippen molar-refractivity contribution < 1.29 is 9.47 Å². The molecule has 124 valence electrons. The largest absolute Gasteiger partial charge is 0.493 e. The van der Waals surface area contributed by atoms with Gasteiger partial charge < -0.3 is 9.47 Å².